The number of quaternary nitrogens is 1. The van der Waals surface area contributed by atoms with Gasteiger partial charge in [-0.25, -0.2) is 0 Å². The van der Waals surface area contributed by atoms with E-state index in [0.717, 1.165) is 41.6 Å². The number of nitrogens with one attached hydrogen (secondary N) is 1. The first kappa shape index (κ1) is 18.7. The van der Waals surface area contributed by atoms with Crippen molar-refractivity contribution in [3.63, 3.8) is 0 Å². The van der Waals surface area contributed by atoms with Crippen LogP contribution in [-0.2, 0) is 0 Å². The molecule has 0 radical (unpaired) electrons. The van der Waals surface area contributed by atoms with Gasteiger partial charge in [-0.1, -0.05) is 24.3 Å². The summed E-state index contributed by atoms with van der Waals surface area (Å²) in [6.07, 6.45) is 2.73. The maximum atomic E-state index is 13.1. The number of nitrogens with zero attached hydrogens (tertiary/aromatic N) is 1. The van der Waals surface area contributed by atoms with Gasteiger partial charge < -0.3 is 19.6 Å². The van der Waals surface area contributed by atoms with Crippen LogP contribution < -0.4 is 9.64 Å². The lowest BCUT2D eigenvalue weighted by atomic mass is 10.0. The molecule has 1 amide bonds. The molecule has 0 aliphatic carbocycles. The number of amides is 1. The lowest BCUT2D eigenvalue weighted by molar-refractivity contribution is -0.861. The Morgan fingerprint density at radius 3 is 2.46 bits per heavy atom. The number of carbonyl (C=O) groups is 1. The Kier molecular flexibility index (Phi) is 6.12. The Labute approximate surface area is 155 Å². The molecule has 140 valence electrons. The molecule has 0 spiro atoms. The van der Waals surface area contributed by atoms with Gasteiger partial charge in [0.2, 0.25) is 0 Å². The van der Waals surface area contributed by atoms with Gasteiger partial charge >= 0.3 is 0 Å². The van der Waals surface area contributed by atoms with E-state index in [2.05, 4.69) is 0 Å². The van der Waals surface area contributed by atoms with Crippen molar-refractivity contribution in [2.24, 2.45) is 0 Å². The second kappa shape index (κ2) is 8.52. The molecule has 2 N–H and O–H groups in total. The van der Waals surface area contributed by atoms with Gasteiger partial charge in [-0.2, -0.15) is 0 Å². The maximum absolute atomic E-state index is 13.1. The number of hydrogen-bond acceptors (Lipinski definition) is 3. The zero-order valence-corrected chi connectivity index (χ0v) is 15.7. The van der Waals surface area contributed by atoms with Gasteiger partial charge in [0.25, 0.3) is 5.91 Å². The Morgan fingerprint density at radius 1 is 1.15 bits per heavy atom. The molecule has 26 heavy (non-hydrogen) atoms. The third-order valence-corrected chi connectivity index (χ3v) is 4.80. The van der Waals surface area contributed by atoms with Gasteiger partial charge in [0, 0.05) is 13.1 Å². The van der Waals surface area contributed by atoms with Gasteiger partial charge in [-0.05, 0) is 42.2 Å². The average Bonchev–Trinajstić information content (AvgIpc) is 2.65. The Morgan fingerprint density at radius 2 is 1.81 bits per heavy atom. The summed E-state index contributed by atoms with van der Waals surface area (Å²) < 4.78 is 5.91. The molecule has 2 aromatic carbocycles. The van der Waals surface area contributed by atoms with Crippen molar-refractivity contribution in [2.45, 2.75) is 25.4 Å². The molecule has 1 atom stereocenters. The molecular formula is C21H29N2O3+. The number of aliphatic hydroxyl groups is 1. The molecule has 0 bridgehead atoms. The van der Waals surface area contributed by atoms with E-state index in [0.29, 0.717) is 17.9 Å². The highest BCUT2D eigenvalue weighted by Gasteiger charge is 2.23. The van der Waals surface area contributed by atoms with Crippen molar-refractivity contribution < 1.29 is 19.5 Å². The van der Waals surface area contributed by atoms with Crippen molar-refractivity contribution >= 4 is 16.7 Å². The van der Waals surface area contributed by atoms with Crippen molar-refractivity contribution in [2.75, 3.05) is 40.3 Å². The number of hydrogen-bond donors (Lipinski definition) is 2. The molecule has 1 heterocycles. The normalized spacial score (nSPS) is 16.1. The van der Waals surface area contributed by atoms with Crippen LogP contribution in [0, 0.1) is 0 Å². The maximum Gasteiger partial charge on any atom is 0.257 e. The highest BCUT2D eigenvalue weighted by atomic mass is 16.5. The summed E-state index contributed by atoms with van der Waals surface area (Å²) in [4.78, 5) is 16.1. The highest BCUT2D eigenvalue weighted by Crippen LogP contribution is 2.28. The number of rotatable bonds is 6. The Bertz CT molecular complexity index is 754. The summed E-state index contributed by atoms with van der Waals surface area (Å²) in [5.41, 5.74) is 0.593. The zero-order valence-electron chi connectivity index (χ0n) is 15.7. The number of likely N-dealkylation sites (tertiary alicyclic amines) is 1. The number of fused-ring (bicyclic) bond motifs is 1. The van der Waals surface area contributed by atoms with Gasteiger partial charge in [0.05, 0.1) is 19.7 Å². The van der Waals surface area contributed by atoms with Crippen LogP contribution in [0.2, 0.25) is 0 Å². The molecule has 1 saturated heterocycles. The molecule has 0 saturated carbocycles. The van der Waals surface area contributed by atoms with E-state index in [-0.39, 0.29) is 12.5 Å². The van der Waals surface area contributed by atoms with Crippen LogP contribution in [0.3, 0.4) is 0 Å². The van der Waals surface area contributed by atoms with Crippen LogP contribution in [0.1, 0.15) is 29.6 Å². The van der Waals surface area contributed by atoms with E-state index in [1.807, 2.05) is 55.4 Å². The van der Waals surface area contributed by atoms with Crippen LogP contribution in [0.25, 0.3) is 10.8 Å². The van der Waals surface area contributed by atoms with E-state index >= 15 is 0 Å². The van der Waals surface area contributed by atoms with Gasteiger partial charge in [-0.15, -0.1) is 0 Å². The third-order valence-electron chi connectivity index (χ3n) is 4.80. The first-order chi connectivity index (χ1) is 12.5. The second-order valence-corrected chi connectivity index (χ2v) is 7.42. The summed E-state index contributed by atoms with van der Waals surface area (Å²) in [6, 6.07) is 11.8. The quantitative estimate of drug-likeness (QED) is 0.821. The van der Waals surface area contributed by atoms with Gasteiger partial charge in [-0.3, -0.25) is 4.79 Å². The predicted octanol–water partition coefficient (Wildman–Crippen LogP) is 1.35. The zero-order chi connectivity index (χ0) is 18.5. The van der Waals surface area contributed by atoms with Crippen molar-refractivity contribution in [3.8, 4) is 5.75 Å². The predicted molar refractivity (Wildman–Crippen MR) is 103 cm³/mol. The van der Waals surface area contributed by atoms with Crippen molar-refractivity contribution in [3.05, 3.63) is 42.0 Å². The molecule has 0 aromatic heterocycles. The summed E-state index contributed by atoms with van der Waals surface area (Å²) in [5, 5.41) is 12.2. The minimum atomic E-state index is -0.565. The fourth-order valence-electron chi connectivity index (χ4n) is 3.49. The minimum Gasteiger partial charge on any atom is -0.490 e. The van der Waals surface area contributed by atoms with E-state index < -0.39 is 6.10 Å². The lowest BCUT2D eigenvalue weighted by Crippen LogP contribution is -3.07. The third kappa shape index (κ3) is 4.54. The molecule has 1 aliphatic heterocycles. The number of ether oxygens (including phenoxy) is 1. The molecule has 3 rings (SSSR count). The first-order valence-electron chi connectivity index (χ1n) is 9.46. The summed E-state index contributed by atoms with van der Waals surface area (Å²) in [6.45, 7) is 2.39. The van der Waals surface area contributed by atoms with Crippen LogP contribution >= 0.6 is 0 Å². The van der Waals surface area contributed by atoms with Crippen LogP contribution in [0.15, 0.2) is 36.4 Å². The smallest absolute Gasteiger partial charge is 0.257 e. The SMILES string of the molecule is C[NH+](C)C[C@H](O)COc1cc2ccccc2cc1C(=O)N1CCCCC1. The molecule has 2 aromatic rings. The number of aliphatic hydroxyl groups excluding tert-OH is 1. The largest absolute Gasteiger partial charge is 0.490 e. The van der Waals surface area contributed by atoms with Crippen LogP contribution in [-0.4, -0.2) is 62.4 Å². The van der Waals surface area contributed by atoms with Crippen LogP contribution in [0.5, 0.6) is 5.75 Å². The van der Waals surface area contributed by atoms with Crippen molar-refractivity contribution in [1.82, 2.24) is 4.90 Å². The fraction of sp³-hybridized carbons (Fsp3) is 0.476. The van der Waals surface area contributed by atoms with Gasteiger partial charge in [0.15, 0.2) is 0 Å². The summed E-state index contributed by atoms with van der Waals surface area (Å²) in [7, 11) is 3.98. The minimum absolute atomic E-state index is 0.0261. The monoisotopic (exact) mass is 357 g/mol. The Hall–Kier alpha value is -2.11. The average molecular weight is 357 g/mol. The Balaban J connectivity index is 1.87. The standard InChI is InChI=1S/C21H28N2O3/c1-22(2)14-18(24)15-26-20-13-17-9-5-4-8-16(17)12-19(20)21(25)23-10-6-3-7-11-23/h4-5,8-9,12-13,18,24H,3,6-7,10-11,14-15H2,1-2H3/p+1/t18-/m0/s1. The number of benzene rings is 2. The topological polar surface area (TPSA) is 54.2 Å². The summed E-state index contributed by atoms with van der Waals surface area (Å²) >= 11 is 0. The van der Waals surface area contributed by atoms with Gasteiger partial charge in [0.1, 0.15) is 25.0 Å². The molecule has 0 unspecified atom stereocenters. The molecule has 1 aliphatic rings. The lowest BCUT2D eigenvalue weighted by Gasteiger charge is -2.27. The molecular weight excluding hydrogens is 328 g/mol. The number of carbonyl (C=O) groups excluding carboxylic acids is 1. The number of piperidine rings is 1. The highest BCUT2D eigenvalue weighted by molar-refractivity contribution is 6.01. The number of likely N-dealkylation sites (N-methyl/N-ethyl adjacent to an activating group) is 1. The van der Waals surface area contributed by atoms with E-state index in [1.165, 1.54) is 6.42 Å². The first-order valence-corrected chi connectivity index (χ1v) is 9.46. The molecule has 5 heteroatoms. The fourth-order valence-corrected chi connectivity index (χ4v) is 3.49. The van der Waals surface area contributed by atoms with E-state index in [4.69, 9.17) is 4.74 Å². The second-order valence-electron chi connectivity index (χ2n) is 7.42. The molecule has 5 nitrogen and oxygen atoms in total. The van der Waals surface area contributed by atoms with Crippen molar-refractivity contribution in [1.29, 1.82) is 0 Å². The van der Waals surface area contributed by atoms with Crippen LogP contribution in [0.4, 0.5) is 0 Å². The van der Waals surface area contributed by atoms with E-state index in [9.17, 15) is 9.90 Å². The molecule has 1 fully saturated rings. The van der Waals surface area contributed by atoms with E-state index in [1.54, 1.807) is 0 Å². The summed E-state index contributed by atoms with van der Waals surface area (Å²) in [5.74, 6) is 0.588.